The molecule has 204 valence electrons. The molecule has 0 bridgehead atoms. The van der Waals surface area contributed by atoms with Crippen LogP contribution in [0.5, 0.6) is 5.75 Å². The number of carbonyl (C=O) groups is 2. The molecule has 0 radical (unpaired) electrons. The molecule has 0 aliphatic rings. The van der Waals surface area contributed by atoms with Crippen LogP contribution in [0.2, 0.25) is 0 Å². The minimum absolute atomic E-state index is 0.377. The third-order valence-electron chi connectivity index (χ3n) is 5.53. The van der Waals surface area contributed by atoms with Gasteiger partial charge in [0.25, 0.3) is 0 Å². The fourth-order valence-electron chi connectivity index (χ4n) is 3.62. The topological polar surface area (TPSA) is 73.9 Å². The van der Waals surface area contributed by atoms with Crippen molar-refractivity contribution in [3.63, 3.8) is 0 Å². The summed E-state index contributed by atoms with van der Waals surface area (Å²) in [5.41, 5.74) is 3.39. The largest absolute Gasteiger partial charge is 0.494 e. The van der Waals surface area contributed by atoms with Gasteiger partial charge in [0.05, 0.1) is 25.3 Å². The SMILES string of the molecule is C#Cc1ccc(C#Cc2cc([C@@H](NC(=O)OC(C)(C)C)C(=O)OC)cc(C#Cc3ccc(C#C)cc3)c2OC)cc1. The molecule has 0 fully saturated rings. The zero-order valence-electron chi connectivity index (χ0n) is 23.5. The van der Waals surface area contributed by atoms with E-state index in [1.54, 1.807) is 81.4 Å². The van der Waals surface area contributed by atoms with Crippen molar-refractivity contribution in [3.8, 4) is 54.1 Å². The summed E-state index contributed by atoms with van der Waals surface area (Å²) in [6.45, 7) is 5.17. The van der Waals surface area contributed by atoms with E-state index >= 15 is 0 Å². The van der Waals surface area contributed by atoms with Crippen LogP contribution in [0.4, 0.5) is 4.79 Å². The van der Waals surface area contributed by atoms with E-state index in [1.165, 1.54) is 14.2 Å². The highest BCUT2D eigenvalue weighted by Gasteiger charge is 2.28. The van der Waals surface area contributed by atoms with E-state index in [2.05, 4.69) is 40.8 Å². The summed E-state index contributed by atoms with van der Waals surface area (Å²) in [6, 6.07) is 16.5. The summed E-state index contributed by atoms with van der Waals surface area (Å²) in [5.74, 6) is 17.2. The monoisotopic (exact) mass is 543 g/mol. The highest BCUT2D eigenvalue weighted by molar-refractivity contribution is 5.83. The van der Waals surface area contributed by atoms with Gasteiger partial charge in [-0.05, 0) is 87.0 Å². The second-order valence-electron chi connectivity index (χ2n) is 9.70. The Balaban J connectivity index is 2.17. The first-order valence-electron chi connectivity index (χ1n) is 12.5. The van der Waals surface area contributed by atoms with Crippen molar-refractivity contribution in [2.75, 3.05) is 14.2 Å². The summed E-state index contributed by atoms with van der Waals surface area (Å²) in [5, 5.41) is 2.59. The van der Waals surface area contributed by atoms with Crippen LogP contribution in [0.15, 0.2) is 60.7 Å². The van der Waals surface area contributed by atoms with E-state index in [-0.39, 0.29) is 0 Å². The Labute approximate surface area is 241 Å². The van der Waals surface area contributed by atoms with Crippen LogP contribution in [0, 0.1) is 48.4 Å². The van der Waals surface area contributed by atoms with E-state index in [9.17, 15) is 9.59 Å². The second-order valence-corrected chi connectivity index (χ2v) is 9.70. The molecule has 0 saturated heterocycles. The van der Waals surface area contributed by atoms with Crippen LogP contribution in [-0.4, -0.2) is 31.9 Å². The number of rotatable bonds is 4. The van der Waals surface area contributed by atoms with Crippen molar-refractivity contribution < 1.29 is 23.8 Å². The average Bonchev–Trinajstić information content (AvgIpc) is 2.96. The lowest BCUT2D eigenvalue weighted by Gasteiger charge is -2.23. The number of alkyl carbamates (subject to hydrolysis) is 1. The van der Waals surface area contributed by atoms with Crippen molar-refractivity contribution >= 4 is 12.1 Å². The van der Waals surface area contributed by atoms with Gasteiger partial charge in [-0.15, -0.1) is 12.8 Å². The molecule has 0 aromatic heterocycles. The van der Waals surface area contributed by atoms with Gasteiger partial charge < -0.3 is 19.5 Å². The van der Waals surface area contributed by atoms with Gasteiger partial charge in [-0.25, -0.2) is 9.59 Å². The van der Waals surface area contributed by atoms with E-state index in [0.717, 1.165) is 11.1 Å². The number of hydrogen-bond acceptors (Lipinski definition) is 5. The molecule has 0 aliphatic carbocycles. The Morgan fingerprint density at radius 3 is 1.56 bits per heavy atom. The summed E-state index contributed by atoms with van der Waals surface area (Å²) in [7, 11) is 2.74. The highest BCUT2D eigenvalue weighted by atomic mass is 16.6. The van der Waals surface area contributed by atoms with Crippen molar-refractivity contribution in [2.24, 2.45) is 0 Å². The molecule has 0 saturated carbocycles. The average molecular weight is 544 g/mol. The molecule has 6 nitrogen and oxygen atoms in total. The number of ether oxygens (including phenoxy) is 3. The van der Waals surface area contributed by atoms with Gasteiger partial charge >= 0.3 is 12.1 Å². The van der Waals surface area contributed by atoms with Crippen LogP contribution >= 0.6 is 0 Å². The lowest BCUT2D eigenvalue weighted by atomic mass is 9.98. The predicted molar refractivity (Wildman–Crippen MR) is 158 cm³/mol. The Bertz CT molecular complexity index is 1540. The summed E-state index contributed by atoms with van der Waals surface area (Å²) in [6.07, 6.45) is 10.1. The third kappa shape index (κ3) is 8.46. The van der Waals surface area contributed by atoms with E-state index in [1.807, 2.05) is 0 Å². The van der Waals surface area contributed by atoms with Crippen LogP contribution in [-0.2, 0) is 14.3 Å². The summed E-state index contributed by atoms with van der Waals surface area (Å²) >= 11 is 0. The quantitative estimate of drug-likeness (QED) is 0.362. The molecule has 0 aliphatic heterocycles. The van der Waals surface area contributed by atoms with Gasteiger partial charge in [-0.1, -0.05) is 35.5 Å². The molecule has 0 heterocycles. The lowest BCUT2D eigenvalue weighted by Crippen LogP contribution is -2.38. The van der Waals surface area contributed by atoms with Gasteiger partial charge in [0.2, 0.25) is 0 Å². The number of methoxy groups -OCH3 is 2. The molecule has 41 heavy (non-hydrogen) atoms. The van der Waals surface area contributed by atoms with E-state index in [4.69, 9.17) is 27.1 Å². The number of amides is 1. The van der Waals surface area contributed by atoms with Gasteiger partial charge in [0.1, 0.15) is 11.4 Å². The zero-order valence-corrected chi connectivity index (χ0v) is 23.5. The number of carbonyl (C=O) groups excluding carboxylic acids is 2. The number of benzene rings is 3. The molecule has 0 unspecified atom stereocenters. The first kappa shape index (κ1) is 30.0. The molecule has 1 amide bonds. The lowest BCUT2D eigenvalue weighted by molar-refractivity contribution is -0.143. The first-order valence-corrected chi connectivity index (χ1v) is 12.5. The Kier molecular flexibility index (Phi) is 9.86. The van der Waals surface area contributed by atoms with E-state index in [0.29, 0.717) is 33.6 Å². The summed E-state index contributed by atoms with van der Waals surface area (Å²) < 4.78 is 16.1. The number of esters is 1. The molecule has 3 aromatic rings. The fraction of sp³-hybridized carbons (Fsp3) is 0.200. The normalized spacial score (nSPS) is 10.7. The van der Waals surface area contributed by atoms with Crippen LogP contribution < -0.4 is 10.1 Å². The Morgan fingerprint density at radius 1 is 0.756 bits per heavy atom. The van der Waals surface area contributed by atoms with Crippen molar-refractivity contribution in [3.05, 3.63) is 99.6 Å². The number of hydrogen-bond donors (Lipinski definition) is 1. The maximum atomic E-state index is 12.8. The maximum absolute atomic E-state index is 12.8. The first-order chi connectivity index (χ1) is 19.6. The maximum Gasteiger partial charge on any atom is 0.408 e. The standard InChI is InChI=1S/C35H29NO5/c1-8-24-10-14-26(15-11-24)18-20-28-22-30(31(33(37)40-7)36-34(38)41-35(3,4)5)23-29(32(28)39-6)21-19-27-16-12-25(9-2)13-17-27/h1-2,10-17,22-23,31H,3-7H3,(H,36,38)/t31-/m1/s1. The zero-order chi connectivity index (χ0) is 30.0. The third-order valence-corrected chi connectivity index (χ3v) is 5.53. The molecule has 1 N–H and O–H groups in total. The van der Waals surface area contributed by atoms with Crippen LogP contribution in [0.1, 0.15) is 65.8 Å². The predicted octanol–water partition coefficient (Wildman–Crippen LogP) is 5.20. The molecule has 6 heteroatoms. The minimum Gasteiger partial charge on any atom is -0.494 e. The number of terminal acetylenes is 2. The molecule has 0 spiro atoms. The molecule has 3 aromatic carbocycles. The Morgan fingerprint density at radius 2 is 1.20 bits per heavy atom. The smallest absolute Gasteiger partial charge is 0.408 e. The molecule has 3 rings (SSSR count). The van der Waals surface area contributed by atoms with Gasteiger partial charge in [0, 0.05) is 22.3 Å². The van der Waals surface area contributed by atoms with Crippen LogP contribution in [0.25, 0.3) is 0 Å². The molecular formula is C35H29NO5. The van der Waals surface area contributed by atoms with Crippen molar-refractivity contribution in [1.29, 1.82) is 0 Å². The van der Waals surface area contributed by atoms with Crippen molar-refractivity contribution in [1.82, 2.24) is 5.32 Å². The summed E-state index contributed by atoms with van der Waals surface area (Å²) in [4.78, 5) is 25.5. The van der Waals surface area contributed by atoms with Gasteiger partial charge in [-0.2, -0.15) is 0 Å². The Hall–Kier alpha value is -5.56. The molecular weight excluding hydrogens is 514 g/mol. The van der Waals surface area contributed by atoms with Gasteiger partial charge in [0.15, 0.2) is 6.04 Å². The van der Waals surface area contributed by atoms with Gasteiger partial charge in [-0.3, -0.25) is 0 Å². The van der Waals surface area contributed by atoms with Crippen molar-refractivity contribution in [2.45, 2.75) is 32.4 Å². The molecule has 1 atom stereocenters. The second kappa shape index (κ2) is 13.5. The highest BCUT2D eigenvalue weighted by Crippen LogP contribution is 2.29. The number of nitrogens with one attached hydrogen (secondary N) is 1. The van der Waals surface area contributed by atoms with E-state index < -0.39 is 23.7 Å². The minimum atomic E-state index is -1.20. The van der Waals surface area contributed by atoms with Crippen LogP contribution in [0.3, 0.4) is 0 Å². The fourth-order valence-corrected chi connectivity index (χ4v) is 3.62.